The van der Waals surface area contributed by atoms with E-state index in [9.17, 15) is 4.57 Å². The summed E-state index contributed by atoms with van der Waals surface area (Å²) in [6.45, 7) is 0. The second kappa shape index (κ2) is 7.40. The van der Waals surface area contributed by atoms with E-state index in [0.717, 1.165) is 32.7 Å². The van der Waals surface area contributed by atoms with Crippen molar-refractivity contribution in [1.29, 1.82) is 0 Å². The van der Waals surface area contributed by atoms with Crippen molar-refractivity contribution in [1.82, 2.24) is 0 Å². The summed E-state index contributed by atoms with van der Waals surface area (Å²) >= 11 is 0. The molecule has 0 saturated carbocycles. The molecule has 0 radical (unpaired) electrons. The molecule has 1 aliphatic heterocycles. The lowest BCUT2D eigenvalue weighted by atomic mass is 10.0. The fourth-order valence-corrected chi connectivity index (χ4v) is 7.19. The Morgan fingerprint density at radius 3 is 2.03 bits per heavy atom. The van der Waals surface area contributed by atoms with Crippen molar-refractivity contribution < 1.29 is 18.6 Å². The van der Waals surface area contributed by atoms with Gasteiger partial charge in [-0.2, -0.15) is 0 Å². The van der Waals surface area contributed by atoms with Gasteiger partial charge in [0.05, 0.1) is 24.8 Å². The Hall–Kier alpha value is -3.75. The van der Waals surface area contributed by atoms with E-state index >= 15 is 0 Å². The van der Waals surface area contributed by atoms with Crippen LogP contribution < -0.4 is 24.6 Å². The number of methoxy groups -OCH3 is 2. The van der Waals surface area contributed by atoms with Crippen molar-refractivity contribution in [2.45, 2.75) is 0 Å². The molecule has 5 aromatic carbocycles. The number of ether oxygens (including phenoxy) is 2. The van der Waals surface area contributed by atoms with E-state index < -0.39 is 7.37 Å². The van der Waals surface area contributed by atoms with Crippen LogP contribution in [0.25, 0.3) is 32.7 Å². The Bertz CT molecular complexity index is 1610. The van der Waals surface area contributed by atoms with E-state index in [4.69, 9.17) is 14.0 Å². The predicted molar refractivity (Wildman–Crippen MR) is 134 cm³/mol. The molecule has 1 heterocycles. The Labute approximate surface area is 191 Å². The second-order valence-electron chi connectivity index (χ2n) is 8.03. The van der Waals surface area contributed by atoms with Gasteiger partial charge in [-0.05, 0) is 46.7 Å². The zero-order valence-electron chi connectivity index (χ0n) is 18.2. The maximum absolute atomic E-state index is 14.8. The Balaban J connectivity index is 1.71. The summed E-state index contributed by atoms with van der Waals surface area (Å²) in [4.78, 5) is 0. The summed E-state index contributed by atoms with van der Waals surface area (Å²) in [6.07, 6.45) is 0. The lowest BCUT2D eigenvalue weighted by molar-refractivity contribution is 0.412. The largest absolute Gasteiger partial charge is 0.496 e. The average molecular weight is 452 g/mol. The summed E-state index contributed by atoms with van der Waals surface area (Å²) in [5.41, 5.74) is 1.83. The van der Waals surface area contributed by atoms with Gasteiger partial charge in [0.25, 0.3) is 0 Å². The van der Waals surface area contributed by atoms with Crippen LogP contribution in [0.1, 0.15) is 0 Å². The molecule has 0 fully saturated rings. The average Bonchev–Trinajstić information content (AvgIpc) is 2.86. The van der Waals surface area contributed by atoms with E-state index in [1.54, 1.807) is 20.3 Å². The minimum atomic E-state index is -3.55. The molecule has 0 aliphatic carbocycles. The molecule has 6 rings (SSSR count). The summed E-state index contributed by atoms with van der Waals surface area (Å²) in [6, 6.07) is 29.5. The molecule has 162 valence electrons. The number of rotatable bonds is 3. The smallest absolute Gasteiger partial charge is 0.311 e. The minimum Gasteiger partial charge on any atom is -0.496 e. The van der Waals surface area contributed by atoms with Crippen LogP contribution in [0.3, 0.4) is 0 Å². The molecule has 5 aromatic rings. The van der Waals surface area contributed by atoms with Crippen LogP contribution in [0.2, 0.25) is 0 Å². The first-order valence-electron chi connectivity index (χ1n) is 10.7. The van der Waals surface area contributed by atoms with Crippen molar-refractivity contribution in [3.63, 3.8) is 0 Å². The molecule has 33 heavy (non-hydrogen) atoms. The van der Waals surface area contributed by atoms with Gasteiger partial charge >= 0.3 is 7.37 Å². The first-order chi connectivity index (χ1) is 16.1. The molecule has 0 N–H and O–H groups in total. The van der Waals surface area contributed by atoms with Crippen LogP contribution in [0.15, 0.2) is 91.0 Å². The number of hydrogen-bond donors (Lipinski definition) is 0. The topological polar surface area (TPSA) is 44.8 Å². The third-order valence-corrected chi connectivity index (χ3v) is 8.71. The normalized spacial score (nSPS) is 16.7. The summed E-state index contributed by atoms with van der Waals surface area (Å²) in [5.74, 6) is 1.76. The molecule has 1 unspecified atom stereocenters. The van der Waals surface area contributed by atoms with Gasteiger partial charge < -0.3 is 14.0 Å². The van der Waals surface area contributed by atoms with Crippen molar-refractivity contribution >= 4 is 39.5 Å². The van der Waals surface area contributed by atoms with E-state index in [1.165, 1.54) is 0 Å². The van der Waals surface area contributed by atoms with Gasteiger partial charge in [-0.1, -0.05) is 60.7 Å². The lowest BCUT2D eigenvalue weighted by Crippen LogP contribution is -2.26. The molecule has 1 atom stereocenters. The molecule has 4 nitrogen and oxygen atoms in total. The lowest BCUT2D eigenvalue weighted by Gasteiger charge is -2.30. The zero-order valence-corrected chi connectivity index (χ0v) is 19.1. The highest BCUT2D eigenvalue weighted by atomic mass is 31.2. The third-order valence-electron chi connectivity index (χ3n) is 6.26. The number of benzene rings is 5. The van der Waals surface area contributed by atoms with Crippen molar-refractivity contribution in [2.24, 2.45) is 0 Å². The van der Waals surface area contributed by atoms with Gasteiger partial charge in [0, 0.05) is 16.3 Å². The summed E-state index contributed by atoms with van der Waals surface area (Å²) in [5, 5.41) is 5.04. The van der Waals surface area contributed by atoms with Crippen molar-refractivity contribution in [2.75, 3.05) is 14.2 Å². The standard InChI is InChI=1S/C28H21O4P/c1-30-25-17-27(28(31-2)23-16-19-10-4-3-9-18(19)15-22(23)25)33(29)26-14-8-6-12-21(26)20-11-5-7-13-24(20)32-33/h3-17H,1-2H3. The fourth-order valence-electron chi connectivity index (χ4n) is 4.73. The molecule has 0 amide bonds. The third kappa shape index (κ3) is 2.88. The van der Waals surface area contributed by atoms with Crippen molar-refractivity contribution in [3.05, 3.63) is 91.0 Å². The van der Waals surface area contributed by atoms with Crippen LogP contribution in [0, 0.1) is 0 Å². The molecular formula is C28H21O4P. The maximum atomic E-state index is 14.8. The zero-order chi connectivity index (χ0) is 22.6. The monoisotopic (exact) mass is 452 g/mol. The Kier molecular flexibility index (Phi) is 4.46. The van der Waals surface area contributed by atoms with Gasteiger partial charge in [-0.3, -0.25) is 4.57 Å². The first kappa shape index (κ1) is 19.9. The van der Waals surface area contributed by atoms with Crippen LogP contribution in [-0.4, -0.2) is 14.2 Å². The van der Waals surface area contributed by atoms with Crippen LogP contribution >= 0.6 is 7.37 Å². The molecule has 0 saturated heterocycles. The molecule has 1 aliphatic rings. The van der Waals surface area contributed by atoms with E-state index in [-0.39, 0.29) is 0 Å². The highest BCUT2D eigenvalue weighted by Gasteiger charge is 2.41. The van der Waals surface area contributed by atoms with Crippen LogP contribution in [0.5, 0.6) is 17.2 Å². The Morgan fingerprint density at radius 1 is 0.667 bits per heavy atom. The highest BCUT2D eigenvalue weighted by molar-refractivity contribution is 7.75. The van der Waals surface area contributed by atoms with Gasteiger partial charge in [-0.25, -0.2) is 0 Å². The van der Waals surface area contributed by atoms with E-state index in [1.807, 2.05) is 60.7 Å². The predicted octanol–water partition coefficient (Wildman–Crippen LogP) is 6.30. The van der Waals surface area contributed by atoms with Gasteiger partial charge in [0.2, 0.25) is 0 Å². The maximum Gasteiger partial charge on any atom is 0.311 e. The second-order valence-corrected chi connectivity index (χ2v) is 10.3. The molecule has 0 aromatic heterocycles. The molecule has 5 heteroatoms. The van der Waals surface area contributed by atoms with Crippen molar-refractivity contribution in [3.8, 4) is 28.4 Å². The fraction of sp³-hybridized carbons (Fsp3) is 0.0714. The number of hydrogen-bond acceptors (Lipinski definition) is 4. The van der Waals surface area contributed by atoms with Crippen LogP contribution in [-0.2, 0) is 4.57 Å². The number of fused-ring (bicyclic) bond motifs is 5. The molecule has 0 spiro atoms. The number of para-hydroxylation sites is 1. The molecular weight excluding hydrogens is 431 g/mol. The summed E-state index contributed by atoms with van der Waals surface area (Å²) in [7, 11) is -0.319. The van der Waals surface area contributed by atoms with E-state index in [2.05, 4.69) is 24.3 Å². The highest BCUT2D eigenvalue weighted by Crippen LogP contribution is 2.56. The van der Waals surface area contributed by atoms with Gasteiger partial charge in [-0.15, -0.1) is 0 Å². The summed E-state index contributed by atoms with van der Waals surface area (Å²) < 4.78 is 32.8. The SMILES string of the molecule is COc1cc(P2(=O)Oc3ccccc3-c3ccccc32)c(OC)c2cc3ccccc3cc12. The van der Waals surface area contributed by atoms with Gasteiger partial charge in [0.1, 0.15) is 17.2 Å². The van der Waals surface area contributed by atoms with Crippen LogP contribution in [0.4, 0.5) is 0 Å². The first-order valence-corrected chi connectivity index (χ1v) is 12.3. The quantitative estimate of drug-likeness (QED) is 0.238. The Morgan fingerprint density at radius 2 is 1.30 bits per heavy atom. The molecule has 0 bridgehead atoms. The minimum absolute atomic E-state index is 0.492. The van der Waals surface area contributed by atoms with E-state index in [0.29, 0.717) is 27.9 Å². The van der Waals surface area contributed by atoms with Gasteiger partial charge in [0.15, 0.2) is 0 Å².